The Morgan fingerprint density at radius 1 is 1.00 bits per heavy atom. The highest BCUT2D eigenvalue weighted by molar-refractivity contribution is 7.80. The minimum Gasteiger partial charge on any atom is -0.331 e. The maximum atomic E-state index is 13.4. The minimum absolute atomic E-state index is 0.245. The van der Waals surface area contributed by atoms with Gasteiger partial charge in [0.2, 0.25) is 0 Å². The SMILES string of the molecule is Fc1ccccc1NC(=S)Nc1ccc(Cl)cc1Cl. The van der Waals surface area contributed by atoms with Crippen molar-refractivity contribution in [3.63, 3.8) is 0 Å². The lowest BCUT2D eigenvalue weighted by atomic mass is 10.3. The first kappa shape index (κ1) is 14.1. The van der Waals surface area contributed by atoms with Crippen molar-refractivity contribution in [1.82, 2.24) is 0 Å². The number of para-hydroxylation sites is 1. The zero-order valence-electron chi connectivity index (χ0n) is 9.58. The van der Waals surface area contributed by atoms with Gasteiger partial charge in [0.1, 0.15) is 5.82 Å². The average molecular weight is 315 g/mol. The second-order valence-electron chi connectivity index (χ2n) is 3.68. The molecule has 0 aliphatic rings. The van der Waals surface area contributed by atoms with Crippen LogP contribution in [0.3, 0.4) is 0 Å². The monoisotopic (exact) mass is 314 g/mol. The molecule has 0 atom stereocenters. The summed E-state index contributed by atoms with van der Waals surface area (Å²) in [6.45, 7) is 0. The molecular weight excluding hydrogens is 306 g/mol. The van der Waals surface area contributed by atoms with Crippen molar-refractivity contribution >= 4 is 51.9 Å². The van der Waals surface area contributed by atoms with Crippen molar-refractivity contribution in [1.29, 1.82) is 0 Å². The Bertz CT molecular complexity index is 619. The van der Waals surface area contributed by atoms with Gasteiger partial charge in [0.05, 0.1) is 16.4 Å². The van der Waals surface area contributed by atoms with E-state index in [2.05, 4.69) is 10.6 Å². The Balaban J connectivity index is 2.08. The van der Waals surface area contributed by atoms with Gasteiger partial charge in [-0.15, -0.1) is 0 Å². The Hall–Kier alpha value is -1.36. The van der Waals surface area contributed by atoms with Crippen molar-refractivity contribution in [3.05, 3.63) is 58.3 Å². The van der Waals surface area contributed by atoms with Crippen molar-refractivity contribution in [3.8, 4) is 0 Å². The van der Waals surface area contributed by atoms with Gasteiger partial charge in [-0.3, -0.25) is 0 Å². The number of rotatable bonds is 2. The van der Waals surface area contributed by atoms with Gasteiger partial charge in [-0.05, 0) is 42.5 Å². The van der Waals surface area contributed by atoms with Crippen LogP contribution in [-0.4, -0.2) is 5.11 Å². The first-order chi connectivity index (χ1) is 9.06. The molecule has 19 heavy (non-hydrogen) atoms. The fourth-order valence-corrected chi connectivity index (χ4v) is 2.10. The molecule has 0 spiro atoms. The Morgan fingerprint density at radius 2 is 1.68 bits per heavy atom. The predicted octanol–water partition coefficient (Wildman–Crippen LogP) is 4.94. The van der Waals surface area contributed by atoms with Crippen LogP contribution < -0.4 is 10.6 Å². The average Bonchev–Trinajstić information content (AvgIpc) is 2.36. The standard InChI is InChI=1S/C13H9Cl2FN2S/c14-8-5-6-11(9(15)7-8)17-13(19)18-12-4-2-1-3-10(12)16/h1-7H,(H2,17,18,19). The summed E-state index contributed by atoms with van der Waals surface area (Å²) < 4.78 is 13.4. The van der Waals surface area contributed by atoms with Gasteiger partial charge in [-0.1, -0.05) is 35.3 Å². The van der Waals surface area contributed by atoms with Gasteiger partial charge < -0.3 is 10.6 Å². The van der Waals surface area contributed by atoms with E-state index in [-0.39, 0.29) is 10.9 Å². The van der Waals surface area contributed by atoms with Gasteiger partial charge in [-0.2, -0.15) is 0 Å². The molecule has 0 heterocycles. The maximum absolute atomic E-state index is 13.4. The van der Waals surface area contributed by atoms with Crippen molar-refractivity contribution in [2.75, 3.05) is 10.6 Å². The van der Waals surface area contributed by atoms with E-state index in [1.165, 1.54) is 6.07 Å². The molecule has 0 saturated carbocycles. The van der Waals surface area contributed by atoms with Crippen LogP contribution in [0.25, 0.3) is 0 Å². The molecular formula is C13H9Cl2FN2S. The molecule has 0 radical (unpaired) electrons. The van der Waals surface area contributed by atoms with Crippen LogP contribution in [0.4, 0.5) is 15.8 Å². The molecule has 2 nitrogen and oxygen atoms in total. The van der Waals surface area contributed by atoms with Crippen LogP contribution >= 0.6 is 35.4 Å². The summed E-state index contributed by atoms with van der Waals surface area (Å²) >= 11 is 16.9. The molecule has 2 aromatic rings. The van der Waals surface area contributed by atoms with E-state index in [1.807, 2.05) is 0 Å². The molecule has 0 bridgehead atoms. The summed E-state index contributed by atoms with van der Waals surface area (Å²) in [7, 11) is 0. The quantitative estimate of drug-likeness (QED) is 0.768. The number of nitrogens with one attached hydrogen (secondary N) is 2. The highest BCUT2D eigenvalue weighted by Gasteiger charge is 2.06. The van der Waals surface area contributed by atoms with Gasteiger partial charge in [0.15, 0.2) is 5.11 Å². The molecule has 2 aromatic carbocycles. The Labute approximate surface area is 125 Å². The smallest absolute Gasteiger partial charge is 0.175 e. The lowest BCUT2D eigenvalue weighted by Crippen LogP contribution is -2.19. The van der Waals surface area contributed by atoms with Gasteiger partial charge in [0.25, 0.3) is 0 Å². The van der Waals surface area contributed by atoms with Gasteiger partial charge >= 0.3 is 0 Å². The normalized spacial score (nSPS) is 10.1. The van der Waals surface area contributed by atoms with Crippen molar-refractivity contribution < 1.29 is 4.39 Å². The van der Waals surface area contributed by atoms with E-state index < -0.39 is 0 Å². The van der Waals surface area contributed by atoms with Gasteiger partial charge in [-0.25, -0.2) is 4.39 Å². The Kier molecular flexibility index (Phi) is 4.58. The largest absolute Gasteiger partial charge is 0.331 e. The summed E-state index contributed by atoms with van der Waals surface area (Å²) in [6.07, 6.45) is 0. The van der Waals surface area contributed by atoms with E-state index in [0.717, 1.165) is 0 Å². The second kappa shape index (κ2) is 6.19. The highest BCUT2D eigenvalue weighted by atomic mass is 35.5. The van der Waals surface area contributed by atoms with Gasteiger partial charge in [0, 0.05) is 5.02 Å². The van der Waals surface area contributed by atoms with Crippen LogP contribution in [-0.2, 0) is 0 Å². The third-order valence-corrected chi connectivity index (χ3v) is 3.05. The third kappa shape index (κ3) is 3.80. The molecule has 0 unspecified atom stereocenters. The summed E-state index contributed by atoms with van der Waals surface area (Å²) in [5.74, 6) is -0.381. The Morgan fingerprint density at radius 3 is 2.37 bits per heavy atom. The minimum atomic E-state index is -0.381. The second-order valence-corrected chi connectivity index (χ2v) is 4.94. The van der Waals surface area contributed by atoms with Crippen LogP contribution in [0, 0.1) is 5.82 Å². The number of thiocarbonyl (C=S) groups is 1. The topological polar surface area (TPSA) is 24.1 Å². The first-order valence-corrected chi connectivity index (χ1v) is 6.50. The molecule has 0 saturated heterocycles. The lowest BCUT2D eigenvalue weighted by molar-refractivity contribution is 0.632. The molecule has 2 N–H and O–H groups in total. The third-order valence-electron chi connectivity index (χ3n) is 2.30. The van der Waals surface area contributed by atoms with Crippen LogP contribution in [0.15, 0.2) is 42.5 Å². The van der Waals surface area contributed by atoms with Crippen LogP contribution in [0.2, 0.25) is 10.0 Å². The van der Waals surface area contributed by atoms with E-state index in [1.54, 1.807) is 36.4 Å². The summed E-state index contributed by atoms with van der Waals surface area (Å²) in [5, 5.41) is 6.84. The first-order valence-electron chi connectivity index (χ1n) is 5.34. The van der Waals surface area contributed by atoms with E-state index in [4.69, 9.17) is 35.4 Å². The number of hydrogen-bond acceptors (Lipinski definition) is 1. The molecule has 0 amide bonds. The molecule has 0 fully saturated rings. The molecule has 98 valence electrons. The van der Waals surface area contributed by atoms with E-state index in [9.17, 15) is 4.39 Å². The molecule has 0 aromatic heterocycles. The van der Waals surface area contributed by atoms with Crippen LogP contribution in [0.5, 0.6) is 0 Å². The number of hydrogen-bond donors (Lipinski definition) is 2. The zero-order chi connectivity index (χ0) is 13.8. The fourth-order valence-electron chi connectivity index (χ4n) is 1.43. The zero-order valence-corrected chi connectivity index (χ0v) is 11.9. The lowest BCUT2D eigenvalue weighted by Gasteiger charge is -2.12. The maximum Gasteiger partial charge on any atom is 0.175 e. The highest BCUT2D eigenvalue weighted by Crippen LogP contribution is 2.25. The molecule has 0 aliphatic heterocycles. The van der Waals surface area contributed by atoms with Crippen LogP contribution in [0.1, 0.15) is 0 Å². The summed E-state index contributed by atoms with van der Waals surface area (Å²) in [6, 6.07) is 11.2. The fraction of sp³-hybridized carbons (Fsp3) is 0. The molecule has 0 aliphatic carbocycles. The molecule has 2 rings (SSSR count). The van der Waals surface area contributed by atoms with Crippen molar-refractivity contribution in [2.24, 2.45) is 0 Å². The van der Waals surface area contributed by atoms with E-state index in [0.29, 0.717) is 21.4 Å². The number of halogens is 3. The summed E-state index contributed by atoms with van der Waals surface area (Å²) in [4.78, 5) is 0. The predicted molar refractivity (Wildman–Crippen MR) is 82.7 cm³/mol. The summed E-state index contributed by atoms with van der Waals surface area (Å²) in [5.41, 5.74) is 0.894. The van der Waals surface area contributed by atoms with Crippen molar-refractivity contribution in [2.45, 2.75) is 0 Å². The van der Waals surface area contributed by atoms with E-state index >= 15 is 0 Å². The molecule has 6 heteroatoms. The number of anilines is 2. The number of benzene rings is 2.